The van der Waals surface area contributed by atoms with E-state index in [4.69, 9.17) is 0 Å². The van der Waals surface area contributed by atoms with Gasteiger partial charge in [0.2, 0.25) is 0 Å². The molecule has 0 aliphatic carbocycles. The molecule has 33 heavy (non-hydrogen) atoms. The number of hydrogen-bond donors (Lipinski definition) is 1. The number of rotatable bonds is 3. The number of amides is 3. The Labute approximate surface area is 192 Å². The van der Waals surface area contributed by atoms with Crippen LogP contribution in [-0.4, -0.2) is 29.1 Å². The quantitative estimate of drug-likeness (QED) is 0.582. The zero-order chi connectivity index (χ0) is 23.2. The van der Waals surface area contributed by atoms with E-state index < -0.39 is 34.3 Å². The number of anilines is 2. The van der Waals surface area contributed by atoms with Gasteiger partial charge in [0, 0.05) is 23.5 Å². The summed E-state index contributed by atoms with van der Waals surface area (Å²) in [5.41, 5.74) is 1.63. The molecule has 1 N–H and O–H groups in total. The molecule has 0 bridgehead atoms. The van der Waals surface area contributed by atoms with Gasteiger partial charge in [-0.25, -0.2) is 18.0 Å². The SMILES string of the molecule is O=C(Nc1cccc(F)c1)N1CCS[C@@]12C(=O)N(Cc1cccc(F)c1)c1ccc(F)cc12. The van der Waals surface area contributed by atoms with Gasteiger partial charge in [-0.2, -0.15) is 0 Å². The average Bonchev–Trinajstić information content (AvgIpc) is 3.31. The maximum Gasteiger partial charge on any atom is 0.323 e. The molecule has 3 amide bonds. The Morgan fingerprint density at radius 2 is 1.70 bits per heavy atom. The Balaban J connectivity index is 1.54. The van der Waals surface area contributed by atoms with Crippen molar-refractivity contribution < 1.29 is 22.8 Å². The first-order chi connectivity index (χ1) is 15.9. The van der Waals surface area contributed by atoms with Crippen LogP contribution in [0.5, 0.6) is 0 Å². The summed E-state index contributed by atoms with van der Waals surface area (Å²) in [5, 5.41) is 2.63. The van der Waals surface area contributed by atoms with Crippen LogP contribution in [0.4, 0.5) is 29.3 Å². The lowest BCUT2D eigenvalue weighted by Crippen LogP contribution is -2.51. The van der Waals surface area contributed by atoms with Crippen molar-refractivity contribution in [1.29, 1.82) is 0 Å². The summed E-state index contributed by atoms with van der Waals surface area (Å²) in [6, 6.07) is 14.7. The number of halogens is 3. The van der Waals surface area contributed by atoms with Crippen LogP contribution < -0.4 is 10.2 Å². The highest BCUT2D eigenvalue weighted by molar-refractivity contribution is 8.01. The van der Waals surface area contributed by atoms with Gasteiger partial charge in [0.25, 0.3) is 5.91 Å². The predicted octanol–water partition coefficient (Wildman–Crippen LogP) is 5.08. The van der Waals surface area contributed by atoms with Gasteiger partial charge in [0.1, 0.15) is 17.5 Å². The number of fused-ring (bicyclic) bond motifs is 2. The van der Waals surface area contributed by atoms with Crippen LogP contribution in [0.2, 0.25) is 0 Å². The number of carbonyl (C=O) groups excluding carboxylic acids is 2. The molecule has 5 nitrogen and oxygen atoms in total. The highest BCUT2D eigenvalue weighted by Gasteiger charge is 2.59. The lowest BCUT2D eigenvalue weighted by Gasteiger charge is -2.33. The largest absolute Gasteiger partial charge is 0.323 e. The summed E-state index contributed by atoms with van der Waals surface area (Å²) in [7, 11) is 0. The monoisotopic (exact) mass is 469 g/mol. The zero-order valence-electron chi connectivity index (χ0n) is 17.2. The van der Waals surface area contributed by atoms with E-state index in [1.54, 1.807) is 12.1 Å². The first kappa shape index (κ1) is 21.4. The summed E-state index contributed by atoms with van der Waals surface area (Å²) < 4.78 is 41.6. The average molecular weight is 469 g/mol. The van der Waals surface area contributed by atoms with E-state index in [9.17, 15) is 22.8 Å². The Morgan fingerprint density at radius 3 is 2.45 bits per heavy atom. The smallest absolute Gasteiger partial charge is 0.308 e. The van der Waals surface area contributed by atoms with Crippen LogP contribution in [0.1, 0.15) is 11.1 Å². The highest BCUT2D eigenvalue weighted by Crippen LogP contribution is 2.54. The van der Waals surface area contributed by atoms with Crippen molar-refractivity contribution in [2.45, 2.75) is 11.4 Å². The lowest BCUT2D eigenvalue weighted by atomic mass is 10.1. The molecular weight excluding hydrogens is 451 g/mol. The molecule has 5 rings (SSSR count). The van der Waals surface area contributed by atoms with E-state index in [2.05, 4.69) is 5.32 Å². The summed E-state index contributed by atoms with van der Waals surface area (Å²) in [6.07, 6.45) is 0. The number of nitrogens with one attached hydrogen (secondary N) is 1. The topological polar surface area (TPSA) is 52.7 Å². The van der Waals surface area contributed by atoms with Gasteiger partial charge in [0.15, 0.2) is 4.87 Å². The molecular formula is C24H18F3N3O2S. The molecule has 3 aromatic rings. The molecule has 1 fully saturated rings. The van der Waals surface area contributed by atoms with E-state index >= 15 is 0 Å². The lowest BCUT2D eigenvalue weighted by molar-refractivity contribution is -0.123. The molecule has 168 valence electrons. The molecule has 9 heteroatoms. The molecule has 0 saturated carbocycles. The summed E-state index contributed by atoms with van der Waals surface area (Å²) in [6.45, 7) is 0.304. The first-order valence-electron chi connectivity index (χ1n) is 10.2. The molecule has 0 aromatic heterocycles. The maximum atomic E-state index is 14.3. The second kappa shape index (κ2) is 8.15. The standard InChI is InChI=1S/C24H18F3N3O2S/c25-16-4-1-3-15(11-16)14-29-21-8-7-18(27)13-20(21)24(22(29)31)30(9-10-33-24)23(32)28-19-6-2-5-17(26)12-19/h1-8,11-13H,9-10,14H2,(H,28,32)/t24-/m0/s1. The second-order valence-electron chi connectivity index (χ2n) is 7.77. The molecule has 0 radical (unpaired) electrons. The minimum absolute atomic E-state index is 0.0664. The van der Waals surface area contributed by atoms with Crippen molar-refractivity contribution in [2.24, 2.45) is 0 Å². The van der Waals surface area contributed by atoms with Crippen LogP contribution >= 0.6 is 11.8 Å². The first-order valence-corrected chi connectivity index (χ1v) is 11.2. The molecule has 1 spiro atoms. The molecule has 2 heterocycles. The number of carbonyl (C=O) groups is 2. The minimum Gasteiger partial charge on any atom is -0.308 e. The van der Waals surface area contributed by atoms with Gasteiger partial charge in [-0.3, -0.25) is 9.69 Å². The van der Waals surface area contributed by atoms with Gasteiger partial charge in [-0.05, 0) is 54.1 Å². The fourth-order valence-electron chi connectivity index (χ4n) is 4.32. The minimum atomic E-state index is -1.47. The fourth-order valence-corrected chi connectivity index (χ4v) is 5.77. The van der Waals surface area contributed by atoms with Crippen molar-refractivity contribution >= 4 is 35.1 Å². The van der Waals surface area contributed by atoms with Crippen molar-refractivity contribution in [1.82, 2.24) is 4.90 Å². The molecule has 2 aliphatic heterocycles. The van der Waals surface area contributed by atoms with Crippen LogP contribution in [0.25, 0.3) is 0 Å². The van der Waals surface area contributed by atoms with E-state index in [0.717, 1.165) is 0 Å². The Bertz CT molecular complexity index is 1270. The summed E-state index contributed by atoms with van der Waals surface area (Å²) >= 11 is 1.24. The maximum absolute atomic E-state index is 14.3. The van der Waals surface area contributed by atoms with Gasteiger partial charge in [-0.1, -0.05) is 18.2 Å². The zero-order valence-corrected chi connectivity index (χ0v) is 18.0. The molecule has 2 aliphatic rings. The third-order valence-corrected chi connectivity index (χ3v) is 7.13. The predicted molar refractivity (Wildman–Crippen MR) is 120 cm³/mol. The Kier molecular flexibility index (Phi) is 5.28. The van der Waals surface area contributed by atoms with Crippen molar-refractivity contribution in [3.8, 4) is 0 Å². The number of nitrogens with zero attached hydrogens (tertiary/aromatic N) is 2. The van der Waals surface area contributed by atoms with Gasteiger partial charge < -0.3 is 10.2 Å². The summed E-state index contributed by atoms with van der Waals surface area (Å²) in [5.74, 6) is -1.44. The van der Waals surface area contributed by atoms with E-state index in [1.165, 1.54) is 76.2 Å². The van der Waals surface area contributed by atoms with Crippen molar-refractivity contribution in [3.05, 3.63) is 95.3 Å². The van der Waals surface area contributed by atoms with Gasteiger partial charge in [0.05, 0.1) is 12.2 Å². The second-order valence-corrected chi connectivity index (χ2v) is 9.06. The molecule has 0 unspecified atom stereocenters. The Morgan fingerprint density at radius 1 is 0.970 bits per heavy atom. The molecule has 1 atom stereocenters. The van der Waals surface area contributed by atoms with E-state index in [1.807, 2.05) is 0 Å². The van der Waals surface area contributed by atoms with Gasteiger partial charge in [-0.15, -0.1) is 11.8 Å². The third kappa shape index (κ3) is 3.62. The Hall–Kier alpha value is -3.46. The van der Waals surface area contributed by atoms with Crippen molar-refractivity contribution in [2.75, 3.05) is 22.5 Å². The normalized spacial score (nSPS) is 19.3. The number of urea groups is 1. The number of thioether (sulfide) groups is 1. The molecule has 3 aromatic carbocycles. The third-order valence-electron chi connectivity index (χ3n) is 5.71. The highest BCUT2D eigenvalue weighted by atomic mass is 32.2. The fraction of sp³-hybridized carbons (Fsp3) is 0.167. The van der Waals surface area contributed by atoms with Crippen LogP contribution in [0, 0.1) is 17.5 Å². The van der Waals surface area contributed by atoms with E-state index in [0.29, 0.717) is 22.6 Å². The van der Waals surface area contributed by atoms with Crippen LogP contribution in [-0.2, 0) is 16.2 Å². The summed E-state index contributed by atoms with van der Waals surface area (Å²) in [4.78, 5) is 28.4. The van der Waals surface area contributed by atoms with Crippen LogP contribution in [0.15, 0.2) is 66.7 Å². The van der Waals surface area contributed by atoms with Gasteiger partial charge >= 0.3 is 6.03 Å². The number of hydrogen-bond acceptors (Lipinski definition) is 3. The van der Waals surface area contributed by atoms with Crippen LogP contribution in [0.3, 0.4) is 0 Å². The number of benzene rings is 3. The van der Waals surface area contributed by atoms with E-state index in [-0.39, 0.29) is 18.8 Å². The van der Waals surface area contributed by atoms with Crippen molar-refractivity contribution in [3.63, 3.8) is 0 Å². The molecule has 1 saturated heterocycles.